The van der Waals surface area contributed by atoms with Gasteiger partial charge in [-0.2, -0.15) is 0 Å². The lowest BCUT2D eigenvalue weighted by Crippen LogP contribution is -2.00. The van der Waals surface area contributed by atoms with Gasteiger partial charge >= 0.3 is 5.97 Å². The fraction of sp³-hybridized carbons (Fsp3) is 0.0667. The van der Waals surface area contributed by atoms with Crippen LogP contribution in [0.2, 0.25) is 5.02 Å². The average molecular weight is 287 g/mol. The summed E-state index contributed by atoms with van der Waals surface area (Å²) in [5.74, 6) is -0.119. The third kappa shape index (κ3) is 2.26. The summed E-state index contributed by atoms with van der Waals surface area (Å²) >= 11 is 6.14. The molecule has 5 heteroatoms. The Bertz CT molecular complexity index is 795. The maximum Gasteiger partial charge on any atom is 0.335 e. The number of benzene rings is 1. The van der Waals surface area contributed by atoms with Crippen LogP contribution in [0.1, 0.15) is 21.7 Å². The van der Waals surface area contributed by atoms with E-state index >= 15 is 0 Å². The quantitative estimate of drug-likeness (QED) is 0.804. The molecule has 0 aliphatic heterocycles. The third-order valence-electron chi connectivity index (χ3n) is 3.16. The van der Waals surface area contributed by atoms with Crippen LogP contribution in [0.5, 0.6) is 0 Å². The Balaban J connectivity index is 2.01. The van der Waals surface area contributed by atoms with E-state index in [1.807, 2.05) is 28.7 Å². The maximum absolute atomic E-state index is 10.9. The minimum atomic E-state index is -0.943. The van der Waals surface area contributed by atoms with E-state index in [0.29, 0.717) is 11.4 Å². The van der Waals surface area contributed by atoms with Crippen LogP contribution in [0.3, 0.4) is 0 Å². The zero-order valence-electron chi connectivity index (χ0n) is 10.5. The van der Waals surface area contributed by atoms with E-state index in [-0.39, 0.29) is 5.56 Å². The smallest absolute Gasteiger partial charge is 0.335 e. The van der Waals surface area contributed by atoms with Gasteiger partial charge in [0.25, 0.3) is 0 Å². The molecule has 2 heterocycles. The van der Waals surface area contributed by atoms with Gasteiger partial charge in [0.1, 0.15) is 5.82 Å². The standard InChI is InChI=1S/C15H11ClN2O2/c16-13-4-2-1-3-10(13)8-14-17-9-12-7-11(15(19)20)5-6-18(12)14/h1-7,9H,8H2,(H,19,20). The normalized spacial score (nSPS) is 10.8. The number of fused-ring (bicyclic) bond motifs is 1. The first-order valence-corrected chi connectivity index (χ1v) is 6.45. The molecule has 0 atom stereocenters. The largest absolute Gasteiger partial charge is 0.478 e. The molecule has 0 radical (unpaired) electrons. The van der Waals surface area contributed by atoms with Gasteiger partial charge in [-0.05, 0) is 23.8 Å². The molecule has 0 spiro atoms. The average Bonchev–Trinajstić information content (AvgIpc) is 2.84. The number of pyridine rings is 1. The molecule has 1 N–H and O–H groups in total. The van der Waals surface area contributed by atoms with Crippen LogP contribution in [-0.2, 0) is 6.42 Å². The molecule has 0 unspecified atom stereocenters. The zero-order chi connectivity index (χ0) is 14.1. The van der Waals surface area contributed by atoms with Crippen molar-refractivity contribution < 1.29 is 9.90 Å². The molecule has 0 aliphatic carbocycles. The van der Waals surface area contributed by atoms with Crippen molar-refractivity contribution in [1.82, 2.24) is 9.38 Å². The minimum absolute atomic E-state index is 0.252. The second-order valence-corrected chi connectivity index (χ2v) is 4.87. The molecular formula is C15H11ClN2O2. The maximum atomic E-state index is 10.9. The van der Waals surface area contributed by atoms with Gasteiger partial charge < -0.3 is 9.51 Å². The second kappa shape index (κ2) is 4.98. The molecule has 3 rings (SSSR count). The van der Waals surface area contributed by atoms with Crippen LogP contribution in [0.4, 0.5) is 0 Å². The highest BCUT2D eigenvalue weighted by Gasteiger charge is 2.09. The third-order valence-corrected chi connectivity index (χ3v) is 3.53. The number of aromatic nitrogens is 2. The number of carboxylic acid groups (broad SMARTS) is 1. The van der Waals surface area contributed by atoms with Gasteiger partial charge in [0.15, 0.2) is 0 Å². The number of rotatable bonds is 3. The molecule has 3 aromatic rings. The molecule has 1 aromatic carbocycles. The number of nitrogens with zero attached hydrogens (tertiary/aromatic N) is 2. The summed E-state index contributed by atoms with van der Waals surface area (Å²) in [4.78, 5) is 15.3. The van der Waals surface area contributed by atoms with Gasteiger partial charge in [-0.1, -0.05) is 29.8 Å². The van der Waals surface area contributed by atoms with Crippen LogP contribution in [0.15, 0.2) is 48.8 Å². The van der Waals surface area contributed by atoms with E-state index < -0.39 is 5.97 Å². The number of carboxylic acids is 1. The van der Waals surface area contributed by atoms with Crippen molar-refractivity contribution in [2.24, 2.45) is 0 Å². The SMILES string of the molecule is O=C(O)c1ccn2c(Cc3ccccc3Cl)ncc2c1. The topological polar surface area (TPSA) is 54.6 Å². The van der Waals surface area contributed by atoms with Crippen LogP contribution in [-0.4, -0.2) is 20.5 Å². The molecule has 0 fully saturated rings. The van der Waals surface area contributed by atoms with Gasteiger partial charge in [-0.15, -0.1) is 0 Å². The van der Waals surface area contributed by atoms with Crippen molar-refractivity contribution in [3.05, 3.63) is 70.8 Å². The van der Waals surface area contributed by atoms with Gasteiger partial charge in [0, 0.05) is 17.6 Å². The summed E-state index contributed by atoms with van der Waals surface area (Å²) in [6.45, 7) is 0. The van der Waals surface area contributed by atoms with Gasteiger partial charge in [0.05, 0.1) is 17.3 Å². The lowest BCUT2D eigenvalue weighted by molar-refractivity contribution is 0.0697. The monoisotopic (exact) mass is 286 g/mol. The van der Waals surface area contributed by atoms with E-state index in [2.05, 4.69) is 4.98 Å². The Kier molecular flexibility index (Phi) is 3.16. The fourth-order valence-corrected chi connectivity index (χ4v) is 2.33. The molecular weight excluding hydrogens is 276 g/mol. The summed E-state index contributed by atoms with van der Waals surface area (Å²) in [6, 6.07) is 10.8. The number of hydrogen-bond donors (Lipinski definition) is 1. The molecule has 0 saturated heterocycles. The van der Waals surface area contributed by atoms with Crippen molar-refractivity contribution in [3.63, 3.8) is 0 Å². The predicted molar refractivity (Wildman–Crippen MR) is 76.4 cm³/mol. The number of aromatic carboxylic acids is 1. The molecule has 0 amide bonds. The Morgan fingerprint density at radius 2 is 2.10 bits per heavy atom. The Labute approximate surface area is 120 Å². The van der Waals surface area contributed by atoms with E-state index in [0.717, 1.165) is 16.9 Å². The predicted octanol–water partition coefficient (Wildman–Crippen LogP) is 3.28. The highest BCUT2D eigenvalue weighted by Crippen LogP contribution is 2.19. The first kappa shape index (κ1) is 12.7. The van der Waals surface area contributed by atoms with Crippen molar-refractivity contribution in [2.45, 2.75) is 6.42 Å². The summed E-state index contributed by atoms with van der Waals surface area (Å²) in [5, 5.41) is 9.68. The Morgan fingerprint density at radius 3 is 2.85 bits per heavy atom. The fourth-order valence-electron chi connectivity index (χ4n) is 2.13. The van der Waals surface area contributed by atoms with Gasteiger partial charge in [0.2, 0.25) is 0 Å². The molecule has 20 heavy (non-hydrogen) atoms. The minimum Gasteiger partial charge on any atom is -0.478 e. The second-order valence-electron chi connectivity index (χ2n) is 4.46. The summed E-state index contributed by atoms with van der Waals surface area (Å²) in [5.41, 5.74) is 2.00. The molecule has 4 nitrogen and oxygen atoms in total. The highest BCUT2D eigenvalue weighted by atomic mass is 35.5. The highest BCUT2D eigenvalue weighted by molar-refractivity contribution is 6.31. The van der Waals surface area contributed by atoms with Crippen LogP contribution in [0.25, 0.3) is 5.52 Å². The molecule has 0 bridgehead atoms. The zero-order valence-corrected chi connectivity index (χ0v) is 11.2. The van der Waals surface area contributed by atoms with Crippen molar-refractivity contribution in [1.29, 1.82) is 0 Å². The van der Waals surface area contributed by atoms with E-state index in [9.17, 15) is 4.79 Å². The molecule has 100 valence electrons. The van der Waals surface area contributed by atoms with Gasteiger partial charge in [-0.3, -0.25) is 0 Å². The van der Waals surface area contributed by atoms with E-state index in [1.54, 1.807) is 24.5 Å². The van der Waals surface area contributed by atoms with Crippen LogP contribution >= 0.6 is 11.6 Å². The molecule has 0 saturated carbocycles. The van der Waals surface area contributed by atoms with Crippen molar-refractivity contribution in [2.75, 3.05) is 0 Å². The number of halogens is 1. The summed E-state index contributed by atoms with van der Waals surface area (Å²) in [7, 11) is 0. The number of hydrogen-bond acceptors (Lipinski definition) is 2. The van der Waals surface area contributed by atoms with Crippen LogP contribution < -0.4 is 0 Å². The van der Waals surface area contributed by atoms with Gasteiger partial charge in [-0.25, -0.2) is 9.78 Å². The van der Waals surface area contributed by atoms with Crippen LogP contribution in [0, 0.1) is 0 Å². The molecule has 0 aliphatic rings. The Morgan fingerprint density at radius 1 is 1.30 bits per heavy atom. The lowest BCUT2D eigenvalue weighted by atomic mass is 10.1. The van der Waals surface area contributed by atoms with E-state index in [1.165, 1.54) is 0 Å². The van der Waals surface area contributed by atoms with E-state index in [4.69, 9.17) is 16.7 Å². The van der Waals surface area contributed by atoms with Crippen molar-refractivity contribution >= 4 is 23.1 Å². The van der Waals surface area contributed by atoms with Crippen molar-refractivity contribution in [3.8, 4) is 0 Å². The summed E-state index contributed by atoms with van der Waals surface area (Å²) in [6.07, 6.45) is 3.98. The first-order valence-electron chi connectivity index (χ1n) is 6.08. The molecule has 2 aromatic heterocycles. The number of imidazole rings is 1. The first-order chi connectivity index (χ1) is 9.65. The Hall–Kier alpha value is -2.33. The lowest BCUT2D eigenvalue weighted by Gasteiger charge is -2.04. The number of carbonyl (C=O) groups is 1. The summed E-state index contributed by atoms with van der Waals surface area (Å²) < 4.78 is 1.87.